The van der Waals surface area contributed by atoms with E-state index in [0.29, 0.717) is 10.8 Å². The Bertz CT molecular complexity index is 258. The molecule has 64 valence electrons. The molecule has 2 nitrogen and oxygen atoms in total. The Balaban J connectivity index is 2.58. The van der Waals surface area contributed by atoms with Gasteiger partial charge in [0.2, 0.25) is 0 Å². The topological polar surface area (TPSA) is 25.8 Å². The summed E-state index contributed by atoms with van der Waals surface area (Å²) < 4.78 is 0. The molecule has 4 heteroatoms. The van der Waals surface area contributed by atoms with E-state index in [4.69, 9.17) is 11.6 Å². The first-order chi connectivity index (χ1) is 5.83. The van der Waals surface area contributed by atoms with Crippen molar-refractivity contribution in [2.75, 3.05) is 5.33 Å². The first kappa shape index (κ1) is 9.68. The monoisotopic (exact) mass is 246 g/mol. The fraction of sp³-hybridized carbons (Fsp3) is 0.250. The summed E-state index contributed by atoms with van der Waals surface area (Å²) in [6.45, 7) is 0. The van der Waals surface area contributed by atoms with Crippen LogP contribution in [0.4, 0.5) is 0 Å². The number of rotatable bonds is 3. The molecule has 0 unspecified atom stereocenters. The molecule has 0 bridgehead atoms. The molecule has 0 radical (unpaired) electrons. The van der Waals surface area contributed by atoms with Crippen LogP contribution in [0.3, 0.4) is 0 Å². The quantitative estimate of drug-likeness (QED) is 0.768. The molecule has 0 saturated carbocycles. The highest BCUT2D eigenvalue weighted by molar-refractivity contribution is 9.09. The van der Waals surface area contributed by atoms with Crippen LogP contribution < -0.4 is 0 Å². The summed E-state index contributed by atoms with van der Waals surface area (Å²) in [5, 5.41) is 1.52. The van der Waals surface area contributed by atoms with Gasteiger partial charge in [0.25, 0.3) is 0 Å². The minimum Gasteiger partial charge on any atom is -0.236 e. The molecule has 1 aromatic heterocycles. The molecule has 0 aliphatic carbocycles. The van der Waals surface area contributed by atoms with E-state index in [1.165, 1.54) is 0 Å². The van der Waals surface area contributed by atoms with Crippen molar-refractivity contribution in [3.8, 4) is 0 Å². The molecule has 0 saturated heterocycles. The maximum Gasteiger partial charge on any atom is 0.151 e. The first-order valence-corrected chi connectivity index (χ1v) is 5.03. The van der Waals surface area contributed by atoms with Crippen LogP contribution in [-0.4, -0.2) is 15.3 Å². The number of hydrogen-bond acceptors (Lipinski definition) is 2. The van der Waals surface area contributed by atoms with Gasteiger partial charge < -0.3 is 0 Å². The molecular formula is C8H8BrClN2. The van der Waals surface area contributed by atoms with Crippen molar-refractivity contribution >= 4 is 33.6 Å². The molecule has 12 heavy (non-hydrogen) atoms. The number of allylic oxidation sites excluding steroid dienone is 1. The van der Waals surface area contributed by atoms with E-state index in [-0.39, 0.29) is 0 Å². The Hall–Kier alpha value is -0.410. The van der Waals surface area contributed by atoms with Crippen LogP contribution in [0.5, 0.6) is 0 Å². The third-order valence-corrected chi connectivity index (χ3v) is 1.84. The zero-order valence-electron chi connectivity index (χ0n) is 6.37. The second kappa shape index (κ2) is 5.27. The van der Waals surface area contributed by atoms with Gasteiger partial charge in [0.05, 0.1) is 5.02 Å². The molecule has 1 rings (SSSR count). The lowest BCUT2D eigenvalue weighted by atomic mass is 10.4. The normalized spacial score (nSPS) is 10.8. The summed E-state index contributed by atoms with van der Waals surface area (Å²) in [5.74, 6) is 0.695. The average molecular weight is 248 g/mol. The van der Waals surface area contributed by atoms with Crippen LogP contribution in [0.15, 0.2) is 18.5 Å². The Morgan fingerprint density at radius 3 is 2.67 bits per heavy atom. The van der Waals surface area contributed by atoms with E-state index < -0.39 is 0 Å². The molecule has 0 fully saturated rings. The first-order valence-electron chi connectivity index (χ1n) is 3.53. The number of alkyl halides is 1. The van der Waals surface area contributed by atoms with Crippen molar-refractivity contribution in [1.82, 2.24) is 9.97 Å². The van der Waals surface area contributed by atoms with Gasteiger partial charge in [-0.15, -0.1) is 0 Å². The summed E-state index contributed by atoms with van der Waals surface area (Å²) in [6, 6.07) is 0. The fourth-order valence-electron chi connectivity index (χ4n) is 0.660. The minimum atomic E-state index is 0.563. The Morgan fingerprint density at radius 2 is 2.08 bits per heavy atom. The SMILES string of the molecule is Clc1cnc(C=CCCBr)nc1. The summed E-state index contributed by atoms with van der Waals surface area (Å²) in [4.78, 5) is 8.01. The van der Waals surface area contributed by atoms with Crippen molar-refractivity contribution in [3.05, 3.63) is 29.3 Å². The van der Waals surface area contributed by atoms with Crippen molar-refractivity contribution in [3.63, 3.8) is 0 Å². The van der Waals surface area contributed by atoms with Gasteiger partial charge in [0.15, 0.2) is 5.82 Å². The van der Waals surface area contributed by atoms with Crippen LogP contribution in [0.1, 0.15) is 12.2 Å². The standard InChI is InChI=1S/C8H8BrClN2/c9-4-2-1-3-8-11-5-7(10)6-12-8/h1,3,5-6H,2,4H2. The van der Waals surface area contributed by atoms with Gasteiger partial charge in [-0.05, 0) is 12.5 Å². The lowest BCUT2D eigenvalue weighted by Crippen LogP contribution is -1.84. The number of halogens is 2. The predicted octanol–water partition coefficient (Wildman–Crippen LogP) is 2.93. The molecule has 0 aliphatic heterocycles. The van der Waals surface area contributed by atoms with E-state index in [2.05, 4.69) is 25.9 Å². The molecule has 0 atom stereocenters. The fourth-order valence-corrected chi connectivity index (χ4v) is 1.02. The summed E-state index contributed by atoms with van der Waals surface area (Å²) in [6.07, 6.45) is 8.03. The lowest BCUT2D eigenvalue weighted by molar-refractivity contribution is 1.13. The third-order valence-electron chi connectivity index (χ3n) is 1.18. The molecular weight excluding hydrogens is 239 g/mol. The second-order valence-electron chi connectivity index (χ2n) is 2.14. The number of hydrogen-bond donors (Lipinski definition) is 0. The molecule has 0 N–H and O–H groups in total. The van der Waals surface area contributed by atoms with E-state index in [9.17, 15) is 0 Å². The predicted molar refractivity (Wildman–Crippen MR) is 54.5 cm³/mol. The molecule has 0 aromatic carbocycles. The zero-order valence-corrected chi connectivity index (χ0v) is 8.72. The van der Waals surface area contributed by atoms with Gasteiger partial charge in [0.1, 0.15) is 0 Å². The maximum atomic E-state index is 5.62. The van der Waals surface area contributed by atoms with Crippen molar-refractivity contribution in [2.24, 2.45) is 0 Å². The van der Waals surface area contributed by atoms with Gasteiger partial charge in [-0.1, -0.05) is 33.6 Å². The summed E-state index contributed by atoms with van der Waals surface area (Å²) >= 11 is 8.94. The molecule has 1 heterocycles. The average Bonchev–Trinajstić information content (AvgIpc) is 2.09. The van der Waals surface area contributed by atoms with Gasteiger partial charge in [-0.25, -0.2) is 9.97 Å². The Labute approximate surface area is 84.8 Å². The second-order valence-corrected chi connectivity index (χ2v) is 3.37. The minimum absolute atomic E-state index is 0.563. The molecule has 0 aliphatic rings. The van der Waals surface area contributed by atoms with Crippen LogP contribution in [0, 0.1) is 0 Å². The van der Waals surface area contributed by atoms with Crippen LogP contribution in [-0.2, 0) is 0 Å². The van der Waals surface area contributed by atoms with Gasteiger partial charge in [-0.3, -0.25) is 0 Å². The van der Waals surface area contributed by atoms with E-state index >= 15 is 0 Å². The highest BCUT2D eigenvalue weighted by Crippen LogP contribution is 2.04. The third kappa shape index (κ3) is 3.32. The van der Waals surface area contributed by atoms with Crippen LogP contribution in [0.25, 0.3) is 6.08 Å². The highest BCUT2D eigenvalue weighted by atomic mass is 79.9. The molecule has 1 aromatic rings. The number of aromatic nitrogens is 2. The molecule has 0 spiro atoms. The Morgan fingerprint density at radius 1 is 1.42 bits per heavy atom. The van der Waals surface area contributed by atoms with Crippen molar-refractivity contribution in [2.45, 2.75) is 6.42 Å². The van der Waals surface area contributed by atoms with E-state index in [0.717, 1.165) is 11.8 Å². The van der Waals surface area contributed by atoms with Crippen LogP contribution in [0.2, 0.25) is 5.02 Å². The maximum absolute atomic E-state index is 5.62. The van der Waals surface area contributed by atoms with Gasteiger partial charge >= 0.3 is 0 Å². The number of nitrogens with zero attached hydrogens (tertiary/aromatic N) is 2. The van der Waals surface area contributed by atoms with Crippen LogP contribution >= 0.6 is 27.5 Å². The van der Waals surface area contributed by atoms with Crippen molar-refractivity contribution < 1.29 is 0 Å². The van der Waals surface area contributed by atoms with E-state index in [1.54, 1.807) is 12.4 Å². The van der Waals surface area contributed by atoms with Gasteiger partial charge in [0, 0.05) is 17.7 Å². The largest absolute Gasteiger partial charge is 0.236 e. The lowest BCUT2D eigenvalue weighted by Gasteiger charge is -1.90. The smallest absolute Gasteiger partial charge is 0.151 e. The van der Waals surface area contributed by atoms with Gasteiger partial charge in [-0.2, -0.15) is 0 Å². The van der Waals surface area contributed by atoms with E-state index in [1.807, 2.05) is 12.2 Å². The zero-order chi connectivity index (χ0) is 8.81. The Kier molecular flexibility index (Phi) is 4.25. The summed E-state index contributed by atoms with van der Waals surface area (Å²) in [7, 11) is 0. The van der Waals surface area contributed by atoms with Crippen molar-refractivity contribution in [1.29, 1.82) is 0 Å². The highest BCUT2D eigenvalue weighted by Gasteiger charge is 1.89. The summed E-state index contributed by atoms with van der Waals surface area (Å²) in [5.41, 5.74) is 0. The molecule has 0 amide bonds.